The van der Waals surface area contributed by atoms with Gasteiger partial charge in [-0.05, 0) is 25.3 Å². The van der Waals surface area contributed by atoms with E-state index in [0.29, 0.717) is 12.2 Å². The lowest BCUT2D eigenvalue weighted by Crippen LogP contribution is -2.30. The summed E-state index contributed by atoms with van der Waals surface area (Å²) in [5.74, 6) is -0.322. The Morgan fingerprint density at radius 3 is 2.50 bits per heavy atom. The molecule has 1 saturated carbocycles. The molecule has 2 fully saturated rings. The molecule has 1 saturated heterocycles. The fraction of sp³-hybridized carbons (Fsp3) is 0.421. The van der Waals surface area contributed by atoms with Crippen LogP contribution in [0.5, 0.6) is 0 Å². The number of aromatic nitrogens is 2. The number of hydrogen-bond acceptors (Lipinski definition) is 3. The van der Waals surface area contributed by atoms with Crippen LogP contribution in [-0.2, 0) is 16.1 Å². The quantitative estimate of drug-likeness (QED) is 0.816. The van der Waals surface area contributed by atoms with E-state index in [0.717, 1.165) is 31.2 Å². The molecular formula is C19H21N3O2. The highest BCUT2D eigenvalue weighted by Gasteiger charge is 2.49. The topological polar surface area (TPSA) is 55.2 Å². The normalized spacial score (nSPS) is 23.6. The Morgan fingerprint density at radius 2 is 1.83 bits per heavy atom. The van der Waals surface area contributed by atoms with E-state index in [1.54, 1.807) is 17.1 Å². The summed E-state index contributed by atoms with van der Waals surface area (Å²) in [7, 11) is 0. The molecule has 1 aromatic carbocycles. The molecule has 24 heavy (non-hydrogen) atoms. The molecule has 0 N–H and O–H groups in total. The van der Waals surface area contributed by atoms with Crippen molar-refractivity contribution in [3.63, 3.8) is 0 Å². The third kappa shape index (κ3) is 2.54. The molecule has 4 rings (SSSR count). The summed E-state index contributed by atoms with van der Waals surface area (Å²) in [6.45, 7) is 2.69. The third-order valence-electron chi connectivity index (χ3n) is 5.15. The zero-order chi connectivity index (χ0) is 16.7. The van der Waals surface area contributed by atoms with Crippen LogP contribution in [0.25, 0.3) is 0 Å². The van der Waals surface area contributed by atoms with Gasteiger partial charge in [0.1, 0.15) is 0 Å². The fourth-order valence-corrected chi connectivity index (χ4v) is 3.97. The second-order valence-corrected chi connectivity index (χ2v) is 6.89. The smallest absolute Gasteiger partial charge is 0.237 e. The lowest BCUT2D eigenvalue weighted by molar-refractivity contribution is -0.122. The highest BCUT2D eigenvalue weighted by Crippen LogP contribution is 2.39. The molecule has 0 spiro atoms. The average Bonchev–Trinajstić information content (AvgIpc) is 3.11. The summed E-state index contributed by atoms with van der Waals surface area (Å²) in [5, 5.41) is 4.34. The van der Waals surface area contributed by atoms with Gasteiger partial charge < -0.3 is 0 Å². The number of carbonyl (C=O) groups is 2. The minimum absolute atomic E-state index is 0.0418. The summed E-state index contributed by atoms with van der Waals surface area (Å²) in [5.41, 5.74) is 2.96. The molecule has 2 aliphatic rings. The van der Waals surface area contributed by atoms with E-state index in [9.17, 15) is 9.59 Å². The van der Waals surface area contributed by atoms with Crippen LogP contribution in [0.4, 0.5) is 5.69 Å². The van der Waals surface area contributed by atoms with Crippen LogP contribution in [0.3, 0.4) is 0 Å². The standard InChI is InChI=1S/C19H21N3O2/c1-13-5-4-6-14(9-13)11-21-12-15(10-20-21)22-18(23)16-7-2-3-8-17(16)19(22)24/h4-6,9-10,12,16-17H,2-3,7-8,11H2,1H3. The Kier molecular flexibility index (Phi) is 3.71. The van der Waals surface area contributed by atoms with Crippen molar-refractivity contribution < 1.29 is 9.59 Å². The van der Waals surface area contributed by atoms with Crippen molar-refractivity contribution in [2.75, 3.05) is 4.90 Å². The maximum atomic E-state index is 12.6. The maximum Gasteiger partial charge on any atom is 0.237 e. The van der Waals surface area contributed by atoms with Crippen molar-refractivity contribution in [1.29, 1.82) is 0 Å². The minimum atomic E-state index is -0.119. The summed E-state index contributed by atoms with van der Waals surface area (Å²) < 4.78 is 1.78. The summed E-state index contributed by atoms with van der Waals surface area (Å²) in [4.78, 5) is 26.6. The number of fused-ring (bicyclic) bond motifs is 1. The number of aryl methyl sites for hydroxylation is 1. The number of imide groups is 1. The van der Waals surface area contributed by atoms with Gasteiger partial charge in [-0.3, -0.25) is 14.3 Å². The maximum absolute atomic E-state index is 12.6. The molecular weight excluding hydrogens is 302 g/mol. The molecule has 2 amide bonds. The van der Waals surface area contributed by atoms with Crippen LogP contribution in [0.15, 0.2) is 36.7 Å². The first-order valence-electron chi connectivity index (χ1n) is 8.59. The third-order valence-corrected chi connectivity index (χ3v) is 5.15. The minimum Gasteiger partial charge on any atom is -0.274 e. The number of rotatable bonds is 3. The Morgan fingerprint density at radius 1 is 1.12 bits per heavy atom. The zero-order valence-corrected chi connectivity index (χ0v) is 13.8. The van der Waals surface area contributed by atoms with E-state index in [4.69, 9.17) is 0 Å². The van der Waals surface area contributed by atoms with E-state index in [1.807, 2.05) is 6.07 Å². The number of hydrogen-bond donors (Lipinski definition) is 0. The molecule has 0 radical (unpaired) electrons. The molecule has 2 aromatic rings. The van der Waals surface area contributed by atoms with Crippen LogP contribution in [-0.4, -0.2) is 21.6 Å². The lowest BCUT2D eigenvalue weighted by atomic mass is 9.81. The van der Waals surface area contributed by atoms with Gasteiger partial charge in [0.05, 0.1) is 30.3 Å². The number of benzene rings is 1. The Hall–Kier alpha value is -2.43. The van der Waals surface area contributed by atoms with E-state index in [-0.39, 0.29) is 23.7 Å². The van der Waals surface area contributed by atoms with E-state index in [1.165, 1.54) is 10.5 Å². The largest absolute Gasteiger partial charge is 0.274 e. The molecule has 2 atom stereocenters. The molecule has 1 aromatic heterocycles. The number of anilines is 1. The van der Waals surface area contributed by atoms with Gasteiger partial charge in [0.2, 0.25) is 11.8 Å². The molecule has 2 heterocycles. The van der Waals surface area contributed by atoms with Crippen molar-refractivity contribution in [3.05, 3.63) is 47.8 Å². The van der Waals surface area contributed by atoms with E-state index < -0.39 is 0 Å². The first-order valence-corrected chi connectivity index (χ1v) is 8.59. The molecule has 5 heteroatoms. The van der Waals surface area contributed by atoms with Gasteiger partial charge >= 0.3 is 0 Å². The molecule has 5 nitrogen and oxygen atoms in total. The molecule has 1 aliphatic heterocycles. The Labute approximate surface area is 141 Å². The van der Waals surface area contributed by atoms with Crippen molar-refractivity contribution in [1.82, 2.24) is 9.78 Å². The lowest BCUT2D eigenvalue weighted by Gasteiger charge is -2.19. The second-order valence-electron chi connectivity index (χ2n) is 6.89. The Balaban J connectivity index is 1.56. The van der Waals surface area contributed by atoms with Gasteiger partial charge in [0.15, 0.2) is 0 Å². The van der Waals surface area contributed by atoms with Crippen molar-refractivity contribution in [2.24, 2.45) is 11.8 Å². The highest BCUT2D eigenvalue weighted by atomic mass is 16.2. The summed E-state index contributed by atoms with van der Waals surface area (Å²) in [6.07, 6.45) is 7.19. The number of nitrogens with zero attached hydrogens (tertiary/aromatic N) is 3. The van der Waals surface area contributed by atoms with Gasteiger partial charge in [0, 0.05) is 6.20 Å². The van der Waals surface area contributed by atoms with Gasteiger partial charge in [-0.25, -0.2) is 4.90 Å². The summed E-state index contributed by atoms with van der Waals surface area (Å²) in [6, 6.07) is 8.24. The van der Waals surface area contributed by atoms with E-state index >= 15 is 0 Å². The SMILES string of the molecule is Cc1cccc(Cn2cc(N3C(=O)C4CCCCC4C3=O)cn2)c1. The number of carbonyl (C=O) groups excluding carboxylic acids is 2. The predicted molar refractivity (Wildman–Crippen MR) is 90.4 cm³/mol. The van der Waals surface area contributed by atoms with Crippen LogP contribution in [0.2, 0.25) is 0 Å². The first kappa shape index (κ1) is 15.1. The van der Waals surface area contributed by atoms with Gasteiger partial charge in [0.25, 0.3) is 0 Å². The highest BCUT2D eigenvalue weighted by molar-refractivity contribution is 6.21. The van der Waals surface area contributed by atoms with Crippen LogP contribution >= 0.6 is 0 Å². The predicted octanol–water partition coefficient (Wildman–Crippen LogP) is 2.92. The Bertz CT molecular complexity index is 771. The average molecular weight is 323 g/mol. The van der Waals surface area contributed by atoms with Gasteiger partial charge in [-0.1, -0.05) is 42.7 Å². The van der Waals surface area contributed by atoms with Gasteiger partial charge in [-0.15, -0.1) is 0 Å². The number of amides is 2. The van der Waals surface area contributed by atoms with Crippen LogP contribution < -0.4 is 4.90 Å². The van der Waals surface area contributed by atoms with Crippen molar-refractivity contribution >= 4 is 17.5 Å². The fourth-order valence-electron chi connectivity index (χ4n) is 3.97. The van der Waals surface area contributed by atoms with Gasteiger partial charge in [-0.2, -0.15) is 5.10 Å². The second kappa shape index (κ2) is 5.89. The zero-order valence-electron chi connectivity index (χ0n) is 13.8. The van der Waals surface area contributed by atoms with E-state index in [2.05, 4.69) is 30.2 Å². The summed E-state index contributed by atoms with van der Waals surface area (Å²) >= 11 is 0. The van der Waals surface area contributed by atoms with Crippen LogP contribution in [0.1, 0.15) is 36.8 Å². The first-order chi connectivity index (χ1) is 11.6. The van der Waals surface area contributed by atoms with Crippen molar-refractivity contribution in [2.45, 2.75) is 39.2 Å². The monoisotopic (exact) mass is 323 g/mol. The molecule has 2 unspecified atom stereocenters. The molecule has 0 bridgehead atoms. The van der Waals surface area contributed by atoms with Crippen LogP contribution in [0, 0.1) is 18.8 Å². The van der Waals surface area contributed by atoms with Crippen molar-refractivity contribution in [3.8, 4) is 0 Å². The molecule has 124 valence electrons. The molecule has 1 aliphatic carbocycles.